The van der Waals surface area contributed by atoms with Crippen LogP contribution in [0.1, 0.15) is 26.0 Å². The second kappa shape index (κ2) is 5.15. The first-order valence-corrected chi connectivity index (χ1v) is 6.67. The molecule has 1 atom stereocenters. The van der Waals surface area contributed by atoms with Crippen molar-refractivity contribution in [2.45, 2.75) is 26.7 Å². The number of carboxylic acid groups (broad SMARTS) is 1. The molecule has 0 bridgehead atoms. The van der Waals surface area contributed by atoms with Gasteiger partial charge in [-0.25, -0.2) is 4.79 Å². The largest absolute Gasteiger partial charge is 0.481 e. The minimum atomic E-state index is -0.858. The summed E-state index contributed by atoms with van der Waals surface area (Å²) in [5.41, 5.74) is 0.657. The summed E-state index contributed by atoms with van der Waals surface area (Å²) in [6.07, 6.45) is 2.95. The van der Waals surface area contributed by atoms with Crippen molar-refractivity contribution in [1.82, 2.24) is 14.7 Å². The van der Waals surface area contributed by atoms with Crippen LogP contribution in [0.3, 0.4) is 0 Å². The molecule has 1 fully saturated rings. The number of urea groups is 1. The molecule has 1 aliphatic rings. The quantitative estimate of drug-likeness (QED) is 0.874. The van der Waals surface area contributed by atoms with Crippen LogP contribution in [-0.2, 0) is 18.3 Å². The normalized spacial score (nSPS) is 22.1. The van der Waals surface area contributed by atoms with Crippen molar-refractivity contribution < 1.29 is 14.7 Å². The Morgan fingerprint density at radius 2 is 2.25 bits per heavy atom. The summed E-state index contributed by atoms with van der Waals surface area (Å²) in [4.78, 5) is 24.9. The predicted molar refractivity (Wildman–Crippen MR) is 73.5 cm³/mol. The van der Waals surface area contributed by atoms with Gasteiger partial charge in [-0.1, -0.05) is 6.92 Å². The van der Waals surface area contributed by atoms with Gasteiger partial charge in [0, 0.05) is 26.3 Å². The average Bonchev–Trinajstić information content (AvgIpc) is 2.94. The third kappa shape index (κ3) is 2.61. The molecule has 0 aliphatic carbocycles. The minimum absolute atomic E-state index is 0.232. The molecule has 20 heavy (non-hydrogen) atoms. The summed E-state index contributed by atoms with van der Waals surface area (Å²) in [7, 11) is 1.80. The van der Waals surface area contributed by atoms with E-state index in [4.69, 9.17) is 0 Å². The number of aliphatic carboxylic acids is 1. The van der Waals surface area contributed by atoms with E-state index in [9.17, 15) is 14.7 Å². The summed E-state index contributed by atoms with van der Waals surface area (Å²) in [5.74, 6) is -0.858. The Labute approximate surface area is 117 Å². The molecule has 0 aromatic carbocycles. The SMILES string of the molecule is CCc1nn(C)cc1NC(=O)N1CCC(C)(C(=O)O)C1. The van der Waals surface area contributed by atoms with E-state index in [0.717, 1.165) is 12.1 Å². The number of amides is 2. The second-order valence-electron chi connectivity index (χ2n) is 5.48. The molecule has 110 valence electrons. The van der Waals surface area contributed by atoms with Crippen LogP contribution in [0, 0.1) is 5.41 Å². The number of hydrogen-bond donors (Lipinski definition) is 2. The highest BCUT2D eigenvalue weighted by atomic mass is 16.4. The molecule has 1 aliphatic heterocycles. The molecule has 1 aromatic rings. The van der Waals surface area contributed by atoms with Gasteiger partial charge in [0.1, 0.15) is 0 Å². The van der Waals surface area contributed by atoms with Crippen molar-refractivity contribution in [1.29, 1.82) is 0 Å². The zero-order chi connectivity index (χ0) is 14.9. The molecule has 1 unspecified atom stereocenters. The van der Waals surface area contributed by atoms with Crippen LogP contribution in [0.4, 0.5) is 10.5 Å². The smallest absolute Gasteiger partial charge is 0.321 e. The van der Waals surface area contributed by atoms with Crippen LogP contribution in [-0.4, -0.2) is 44.9 Å². The van der Waals surface area contributed by atoms with Gasteiger partial charge in [0.15, 0.2) is 0 Å². The van der Waals surface area contributed by atoms with Crippen LogP contribution in [0.25, 0.3) is 0 Å². The highest BCUT2D eigenvalue weighted by Gasteiger charge is 2.42. The minimum Gasteiger partial charge on any atom is -0.481 e. The number of rotatable bonds is 3. The zero-order valence-electron chi connectivity index (χ0n) is 12.0. The Morgan fingerprint density at radius 1 is 1.55 bits per heavy atom. The lowest BCUT2D eigenvalue weighted by molar-refractivity contribution is -0.146. The van der Waals surface area contributed by atoms with Crippen LogP contribution in [0.5, 0.6) is 0 Å². The molecular formula is C13H20N4O3. The first-order valence-electron chi connectivity index (χ1n) is 6.67. The van der Waals surface area contributed by atoms with Gasteiger partial charge < -0.3 is 15.3 Å². The number of carboxylic acids is 1. The fourth-order valence-electron chi connectivity index (χ4n) is 2.40. The van der Waals surface area contributed by atoms with E-state index in [1.165, 1.54) is 0 Å². The number of aryl methyl sites for hydroxylation is 2. The molecule has 0 spiro atoms. The number of carbonyl (C=O) groups excluding carboxylic acids is 1. The summed E-state index contributed by atoms with van der Waals surface area (Å²) in [6, 6.07) is -0.266. The van der Waals surface area contributed by atoms with Crippen LogP contribution < -0.4 is 5.32 Å². The maximum absolute atomic E-state index is 12.2. The fraction of sp³-hybridized carbons (Fsp3) is 0.615. The summed E-state index contributed by atoms with van der Waals surface area (Å²) >= 11 is 0. The van der Waals surface area contributed by atoms with Crippen LogP contribution in [0.15, 0.2) is 6.20 Å². The van der Waals surface area contributed by atoms with Crippen LogP contribution >= 0.6 is 0 Å². The first-order chi connectivity index (χ1) is 9.35. The maximum atomic E-state index is 12.2. The van der Waals surface area contributed by atoms with Gasteiger partial charge in [-0.2, -0.15) is 5.10 Å². The Kier molecular flexibility index (Phi) is 3.69. The van der Waals surface area contributed by atoms with Crippen molar-refractivity contribution in [3.05, 3.63) is 11.9 Å². The highest BCUT2D eigenvalue weighted by Crippen LogP contribution is 2.30. The molecule has 0 saturated carbocycles. The summed E-state index contributed by atoms with van der Waals surface area (Å²) < 4.78 is 1.65. The van der Waals surface area contributed by atoms with Gasteiger partial charge in [0.25, 0.3) is 0 Å². The lowest BCUT2D eigenvalue weighted by atomic mass is 9.90. The van der Waals surface area contributed by atoms with E-state index in [0.29, 0.717) is 18.7 Å². The fourth-order valence-corrected chi connectivity index (χ4v) is 2.40. The lowest BCUT2D eigenvalue weighted by Gasteiger charge is -2.20. The van der Waals surface area contributed by atoms with E-state index < -0.39 is 11.4 Å². The summed E-state index contributed by atoms with van der Waals surface area (Å²) in [6.45, 7) is 4.33. The molecule has 2 heterocycles. The number of nitrogens with zero attached hydrogens (tertiary/aromatic N) is 3. The van der Waals surface area contributed by atoms with Gasteiger partial charge in [-0.3, -0.25) is 9.48 Å². The lowest BCUT2D eigenvalue weighted by Crippen LogP contribution is -2.37. The molecule has 1 aromatic heterocycles. The Morgan fingerprint density at radius 3 is 2.80 bits per heavy atom. The molecule has 7 nitrogen and oxygen atoms in total. The van der Waals surface area contributed by atoms with Gasteiger partial charge in [0.05, 0.1) is 16.8 Å². The van der Waals surface area contributed by atoms with E-state index in [-0.39, 0.29) is 12.6 Å². The van der Waals surface area contributed by atoms with E-state index >= 15 is 0 Å². The number of carbonyl (C=O) groups is 2. The predicted octanol–water partition coefficient (Wildman–Crippen LogP) is 1.31. The number of nitrogens with one attached hydrogen (secondary N) is 1. The molecule has 1 saturated heterocycles. The molecule has 2 amide bonds. The molecule has 0 radical (unpaired) electrons. The molecular weight excluding hydrogens is 260 g/mol. The molecule has 2 rings (SSSR count). The second-order valence-corrected chi connectivity index (χ2v) is 5.48. The summed E-state index contributed by atoms with van der Waals surface area (Å²) in [5, 5.41) is 16.2. The number of hydrogen-bond acceptors (Lipinski definition) is 3. The Balaban J connectivity index is 2.05. The topological polar surface area (TPSA) is 87.5 Å². The van der Waals surface area contributed by atoms with Gasteiger partial charge >= 0.3 is 12.0 Å². The van der Waals surface area contributed by atoms with E-state index in [2.05, 4.69) is 10.4 Å². The standard InChI is InChI=1S/C13H20N4O3/c1-4-9-10(7-16(3)15-9)14-12(20)17-6-5-13(2,8-17)11(18)19/h7H,4-6,8H2,1-3H3,(H,14,20)(H,18,19). The first kappa shape index (κ1) is 14.4. The van der Waals surface area contributed by atoms with Crippen molar-refractivity contribution >= 4 is 17.7 Å². The third-order valence-electron chi connectivity index (χ3n) is 3.76. The average molecular weight is 280 g/mol. The van der Waals surface area contributed by atoms with Crippen molar-refractivity contribution in [3.8, 4) is 0 Å². The number of anilines is 1. The van der Waals surface area contributed by atoms with E-state index in [1.807, 2.05) is 6.92 Å². The Bertz CT molecular complexity index is 540. The monoisotopic (exact) mass is 280 g/mol. The van der Waals surface area contributed by atoms with Crippen molar-refractivity contribution in [2.75, 3.05) is 18.4 Å². The van der Waals surface area contributed by atoms with Crippen molar-refractivity contribution in [3.63, 3.8) is 0 Å². The highest BCUT2D eigenvalue weighted by molar-refractivity contribution is 5.90. The van der Waals surface area contributed by atoms with Gasteiger partial charge in [0.2, 0.25) is 0 Å². The Hall–Kier alpha value is -2.05. The number of aromatic nitrogens is 2. The maximum Gasteiger partial charge on any atom is 0.321 e. The zero-order valence-corrected chi connectivity index (χ0v) is 12.0. The van der Waals surface area contributed by atoms with Gasteiger partial charge in [-0.15, -0.1) is 0 Å². The third-order valence-corrected chi connectivity index (χ3v) is 3.76. The molecule has 2 N–H and O–H groups in total. The molecule has 7 heteroatoms. The van der Waals surface area contributed by atoms with Gasteiger partial charge in [-0.05, 0) is 19.8 Å². The van der Waals surface area contributed by atoms with Crippen LogP contribution in [0.2, 0.25) is 0 Å². The van der Waals surface area contributed by atoms with Crippen molar-refractivity contribution in [2.24, 2.45) is 12.5 Å². The number of likely N-dealkylation sites (tertiary alicyclic amines) is 1. The van der Waals surface area contributed by atoms with E-state index in [1.54, 1.807) is 29.7 Å².